The summed E-state index contributed by atoms with van der Waals surface area (Å²) in [5, 5.41) is 3.10. The van der Waals surface area contributed by atoms with E-state index in [0.717, 1.165) is 0 Å². The van der Waals surface area contributed by atoms with E-state index in [1.165, 1.54) is 17.9 Å². The third-order valence-electron chi connectivity index (χ3n) is 4.58. The number of amides is 2. The number of benzene rings is 2. The number of Topliss-reactive ketones (excluding diaryl/α,β-unsaturated/α-hetero) is 1. The fraction of sp³-hybridized carbons (Fsp3) is 0.238. The van der Waals surface area contributed by atoms with Crippen LogP contribution in [-0.4, -0.2) is 36.7 Å². The van der Waals surface area contributed by atoms with E-state index in [0.29, 0.717) is 22.0 Å². The number of hydrogen-bond acceptors (Lipinski definition) is 5. The SMILES string of the molecule is CC(=O)c1cccc(NC(=O)COC(=O)[C@@H]2CC(=O)N(c3cccc(Cl)c3Cl)C2)c1. The highest BCUT2D eigenvalue weighted by molar-refractivity contribution is 6.44. The van der Waals surface area contributed by atoms with E-state index in [4.69, 9.17) is 27.9 Å². The van der Waals surface area contributed by atoms with E-state index in [-0.39, 0.29) is 29.7 Å². The maximum Gasteiger partial charge on any atom is 0.311 e. The zero-order valence-corrected chi connectivity index (χ0v) is 17.5. The van der Waals surface area contributed by atoms with Gasteiger partial charge in [-0.1, -0.05) is 41.4 Å². The van der Waals surface area contributed by atoms with Crippen molar-refractivity contribution in [2.75, 3.05) is 23.4 Å². The van der Waals surface area contributed by atoms with Gasteiger partial charge in [-0.15, -0.1) is 0 Å². The number of carbonyl (C=O) groups excluding carboxylic acids is 4. The minimum atomic E-state index is -0.721. The molecule has 30 heavy (non-hydrogen) atoms. The quantitative estimate of drug-likeness (QED) is 0.536. The number of nitrogens with zero attached hydrogens (tertiary/aromatic N) is 1. The summed E-state index contributed by atoms with van der Waals surface area (Å²) in [6.07, 6.45) is -0.0516. The van der Waals surface area contributed by atoms with Gasteiger partial charge in [0.05, 0.1) is 21.7 Å². The molecule has 1 aliphatic rings. The minimum Gasteiger partial charge on any atom is -0.455 e. The molecule has 0 spiro atoms. The Balaban J connectivity index is 1.56. The van der Waals surface area contributed by atoms with Crippen LogP contribution in [0.1, 0.15) is 23.7 Å². The van der Waals surface area contributed by atoms with Crippen LogP contribution in [0, 0.1) is 5.92 Å². The highest BCUT2D eigenvalue weighted by atomic mass is 35.5. The molecule has 9 heteroatoms. The van der Waals surface area contributed by atoms with Gasteiger partial charge in [-0.2, -0.15) is 0 Å². The maximum absolute atomic E-state index is 12.3. The first-order chi connectivity index (χ1) is 14.3. The number of nitrogens with one attached hydrogen (secondary N) is 1. The van der Waals surface area contributed by atoms with Crippen LogP contribution in [0.25, 0.3) is 0 Å². The molecule has 1 fully saturated rings. The van der Waals surface area contributed by atoms with Crippen molar-refractivity contribution < 1.29 is 23.9 Å². The van der Waals surface area contributed by atoms with Gasteiger partial charge in [0.2, 0.25) is 5.91 Å². The summed E-state index contributed by atoms with van der Waals surface area (Å²) in [6.45, 7) is 0.997. The van der Waals surface area contributed by atoms with Gasteiger partial charge < -0.3 is 15.0 Å². The smallest absolute Gasteiger partial charge is 0.311 e. The summed E-state index contributed by atoms with van der Waals surface area (Å²) in [5.41, 5.74) is 1.29. The Kier molecular flexibility index (Phi) is 6.74. The summed E-state index contributed by atoms with van der Waals surface area (Å²) in [5.74, 6) is -2.35. The number of rotatable bonds is 6. The minimum absolute atomic E-state index is 0.0516. The normalized spacial score (nSPS) is 15.8. The van der Waals surface area contributed by atoms with Gasteiger partial charge in [-0.3, -0.25) is 19.2 Å². The first-order valence-electron chi connectivity index (χ1n) is 9.08. The zero-order chi connectivity index (χ0) is 21.8. The molecule has 0 bridgehead atoms. The number of anilines is 2. The number of halogens is 2. The molecule has 2 aromatic rings. The molecular formula is C21H18Cl2N2O5. The lowest BCUT2D eigenvalue weighted by molar-refractivity contribution is -0.151. The first kappa shape index (κ1) is 21.8. The zero-order valence-electron chi connectivity index (χ0n) is 16.0. The molecule has 3 rings (SSSR count). The van der Waals surface area contributed by atoms with Crippen molar-refractivity contribution in [2.45, 2.75) is 13.3 Å². The molecule has 0 radical (unpaired) electrons. The summed E-state index contributed by atoms with van der Waals surface area (Å²) in [4.78, 5) is 49.5. The van der Waals surface area contributed by atoms with E-state index in [9.17, 15) is 19.2 Å². The lowest BCUT2D eigenvalue weighted by Crippen LogP contribution is -2.28. The number of ketones is 1. The van der Waals surface area contributed by atoms with E-state index >= 15 is 0 Å². The van der Waals surface area contributed by atoms with Gasteiger partial charge in [0.25, 0.3) is 5.91 Å². The Morgan fingerprint density at radius 1 is 1.17 bits per heavy atom. The van der Waals surface area contributed by atoms with Crippen molar-refractivity contribution >= 4 is 58.1 Å². The van der Waals surface area contributed by atoms with Crippen molar-refractivity contribution in [2.24, 2.45) is 5.92 Å². The molecule has 1 N–H and O–H groups in total. The van der Waals surface area contributed by atoms with Crippen molar-refractivity contribution in [3.8, 4) is 0 Å². The van der Waals surface area contributed by atoms with Crippen molar-refractivity contribution in [1.29, 1.82) is 0 Å². The van der Waals surface area contributed by atoms with E-state index in [2.05, 4.69) is 5.32 Å². The molecular weight excluding hydrogens is 431 g/mol. The number of carbonyl (C=O) groups is 4. The van der Waals surface area contributed by atoms with Crippen LogP contribution in [-0.2, 0) is 19.1 Å². The highest BCUT2D eigenvalue weighted by Gasteiger charge is 2.37. The van der Waals surface area contributed by atoms with Crippen molar-refractivity contribution in [3.63, 3.8) is 0 Å². The van der Waals surface area contributed by atoms with E-state index < -0.39 is 24.4 Å². The van der Waals surface area contributed by atoms with Gasteiger partial charge >= 0.3 is 5.97 Å². The van der Waals surface area contributed by atoms with E-state index in [1.807, 2.05) is 0 Å². The lowest BCUT2D eigenvalue weighted by Gasteiger charge is -2.18. The molecule has 1 saturated heterocycles. The molecule has 0 unspecified atom stereocenters. The molecule has 7 nitrogen and oxygen atoms in total. The van der Waals surface area contributed by atoms with Crippen LogP contribution in [0.15, 0.2) is 42.5 Å². The largest absolute Gasteiger partial charge is 0.455 e. The lowest BCUT2D eigenvalue weighted by atomic mass is 10.1. The molecule has 1 heterocycles. The fourth-order valence-electron chi connectivity index (χ4n) is 3.07. The Morgan fingerprint density at radius 3 is 2.63 bits per heavy atom. The number of ether oxygens (including phenoxy) is 1. The van der Waals surface area contributed by atoms with Crippen molar-refractivity contribution in [1.82, 2.24) is 0 Å². The molecule has 0 aliphatic carbocycles. The third-order valence-corrected chi connectivity index (χ3v) is 5.39. The predicted octanol–water partition coefficient (Wildman–Crippen LogP) is 3.73. The molecule has 1 aliphatic heterocycles. The molecule has 156 valence electrons. The average Bonchev–Trinajstić information content (AvgIpc) is 3.10. The first-order valence-corrected chi connectivity index (χ1v) is 9.83. The second kappa shape index (κ2) is 9.28. The topological polar surface area (TPSA) is 92.8 Å². The Morgan fingerprint density at radius 2 is 1.90 bits per heavy atom. The van der Waals surface area contributed by atoms with Crippen LogP contribution in [0.5, 0.6) is 0 Å². The van der Waals surface area contributed by atoms with Crippen LogP contribution in [0.2, 0.25) is 10.0 Å². The molecule has 0 saturated carbocycles. The molecule has 2 amide bonds. The number of esters is 1. The van der Waals surface area contributed by atoms with Gasteiger partial charge in [0.15, 0.2) is 12.4 Å². The third kappa shape index (κ3) is 4.98. The summed E-state index contributed by atoms with van der Waals surface area (Å²) in [7, 11) is 0. The van der Waals surface area contributed by atoms with E-state index in [1.54, 1.807) is 36.4 Å². The summed E-state index contributed by atoms with van der Waals surface area (Å²) in [6, 6.07) is 11.3. The second-order valence-corrected chi connectivity index (χ2v) is 7.56. The molecule has 2 aromatic carbocycles. The van der Waals surface area contributed by atoms with Crippen LogP contribution < -0.4 is 10.2 Å². The van der Waals surface area contributed by atoms with Crippen LogP contribution in [0.3, 0.4) is 0 Å². The molecule has 1 atom stereocenters. The van der Waals surface area contributed by atoms with Crippen LogP contribution in [0.4, 0.5) is 11.4 Å². The Labute approximate surface area is 182 Å². The van der Waals surface area contributed by atoms with Gasteiger partial charge in [0, 0.05) is 24.2 Å². The summed E-state index contributed by atoms with van der Waals surface area (Å²) >= 11 is 12.2. The molecule has 0 aromatic heterocycles. The second-order valence-electron chi connectivity index (χ2n) is 6.77. The van der Waals surface area contributed by atoms with Crippen molar-refractivity contribution in [3.05, 3.63) is 58.1 Å². The van der Waals surface area contributed by atoms with Crippen LogP contribution >= 0.6 is 23.2 Å². The summed E-state index contributed by atoms with van der Waals surface area (Å²) < 4.78 is 5.07. The predicted molar refractivity (Wildman–Crippen MR) is 113 cm³/mol. The Bertz CT molecular complexity index is 1020. The van der Waals surface area contributed by atoms with Gasteiger partial charge in [0.1, 0.15) is 0 Å². The van der Waals surface area contributed by atoms with Gasteiger partial charge in [-0.25, -0.2) is 0 Å². The Hall–Kier alpha value is -2.90. The monoisotopic (exact) mass is 448 g/mol. The average molecular weight is 449 g/mol. The number of hydrogen-bond donors (Lipinski definition) is 1. The highest BCUT2D eigenvalue weighted by Crippen LogP contribution is 2.35. The fourth-order valence-corrected chi connectivity index (χ4v) is 3.46. The standard InChI is InChI=1S/C21H18Cl2N2O5/c1-12(26)13-4-2-5-15(8-13)24-18(27)11-30-21(29)14-9-19(28)25(10-14)17-7-3-6-16(22)20(17)23/h2-8,14H,9-11H2,1H3,(H,24,27)/t14-/m1/s1. The van der Waals surface area contributed by atoms with Gasteiger partial charge in [-0.05, 0) is 31.2 Å². The maximum atomic E-state index is 12.3.